The number of sulfone groups is 1. The molecule has 0 bridgehead atoms. The highest BCUT2D eigenvalue weighted by molar-refractivity contribution is 7.92. The first kappa shape index (κ1) is 8.47. The second-order valence-corrected chi connectivity index (χ2v) is 5.80. The molecule has 2 aliphatic heterocycles. The van der Waals surface area contributed by atoms with Gasteiger partial charge in [-0.15, -0.1) is 0 Å². The number of nitrogens with zero attached hydrogens (tertiary/aromatic N) is 1. The number of likely N-dealkylation sites (tertiary alicyclic amines) is 1. The van der Waals surface area contributed by atoms with E-state index in [1.54, 1.807) is 0 Å². The van der Waals surface area contributed by atoms with Crippen LogP contribution in [0, 0.1) is 0 Å². The molecule has 0 aliphatic carbocycles. The third kappa shape index (κ3) is 1.26. The van der Waals surface area contributed by atoms with Gasteiger partial charge in [0.25, 0.3) is 0 Å². The summed E-state index contributed by atoms with van der Waals surface area (Å²) < 4.78 is 21.8. The second-order valence-electron chi connectivity index (χ2n) is 3.65. The summed E-state index contributed by atoms with van der Waals surface area (Å²) >= 11 is 0. The van der Waals surface area contributed by atoms with Crippen LogP contribution in [0.15, 0.2) is 0 Å². The van der Waals surface area contributed by atoms with Gasteiger partial charge in [-0.1, -0.05) is 0 Å². The van der Waals surface area contributed by atoms with Gasteiger partial charge < -0.3 is 5.73 Å². The van der Waals surface area contributed by atoms with Gasteiger partial charge >= 0.3 is 0 Å². The lowest BCUT2D eigenvalue weighted by Crippen LogP contribution is -2.64. The average molecular weight is 190 g/mol. The lowest BCUT2D eigenvalue weighted by atomic mass is 10.0. The third-order valence-electron chi connectivity index (χ3n) is 2.82. The molecule has 2 fully saturated rings. The molecule has 2 heterocycles. The van der Waals surface area contributed by atoms with Crippen LogP contribution in [-0.2, 0) is 9.84 Å². The standard InChI is InChI=1S/C7H14N2O2S/c8-3-6-1-2-9(6)7-4-12(10,11)5-7/h6-7H,1-5,8H2. The van der Waals surface area contributed by atoms with Crippen LogP contribution in [0.2, 0.25) is 0 Å². The van der Waals surface area contributed by atoms with E-state index in [4.69, 9.17) is 5.73 Å². The summed E-state index contributed by atoms with van der Waals surface area (Å²) in [5.74, 6) is 0.701. The van der Waals surface area contributed by atoms with E-state index in [0.717, 1.165) is 13.0 Å². The van der Waals surface area contributed by atoms with Crippen LogP contribution in [0.1, 0.15) is 6.42 Å². The van der Waals surface area contributed by atoms with Crippen molar-refractivity contribution in [1.29, 1.82) is 0 Å². The molecule has 0 radical (unpaired) electrons. The van der Waals surface area contributed by atoms with Gasteiger partial charge in [-0.25, -0.2) is 8.42 Å². The Kier molecular flexibility index (Phi) is 1.89. The number of hydrogen-bond donors (Lipinski definition) is 1. The summed E-state index contributed by atoms with van der Waals surface area (Å²) in [6.45, 7) is 1.69. The highest BCUT2D eigenvalue weighted by Gasteiger charge is 2.43. The van der Waals surface area contributed by atoms with Crippen LogP contribution in [0.3, 0.4) is 0 Å². The van der Waals surface area contributed by atoms with E-state index in [9.17, 15) is 8.42 Å². The lowest BCUT2D eigenvalue weighted by molar-refractivity contribution is 0.0589. The molecule has 1 unspecified atom stereocenters. The lowest BCUT2D eigenvalue weighted by Gasteiger charge is -2.48. The van der Waals surface area contributed by atoms with Crippen molar-refractivity contribution < 1.29 is 8.42 Å². The average Bonchev–Trinajstić information content (AvgIpc) is 1.82. The van der Waals surface area contributed by atoms with Gasteiger partial charge in [0.1, 0.15) is 0 Å². The van der Waals surface area contributed by atoms with Crippen LogP contribution in [-0.4, -0.2) is 50.0 Å². The topological polar surface area (TPSA) is 63.4 Å². The smallest absolute Gasteiger partial charge is 0.153 e. The van der Waals surface area contributed by atoms with E-state index in [1.165, 1.54) is 0 Å². The molecule has 2 saturated heterocycles. The van der Waals surface area contributed by atoms with Crippen molar-refractivity contribution in [3.8, 4) is 0 Å². The number of nitrogens with two attached hydrogens (primary N) is 1. The molecule has 4 nitrogen and oxygen atoms in total. The van der Waals surface area contributed by atoms with Gasteiger partial charge in [-0.05, 0) is 6.42 Å². The largest absolute Gasteiger partial charge is 0.329 e. The minimum atomic E-state index is -2.67. The van der Waals surface area contributed by atoms with Gasteiger partial charge in [0, 0.05) is 25.2 Å². The molecule has 2 N–H and O–H groups in total. The zero-order chi connectivity index (χ0) is 8.77. The van der Waals surface area contributed by atoms with Gasteiger partial charge in [-0.3, -0.25) is 4.90 Å². The normalized spacial score (nSPS) is 35.6. The minimum absolute atomic E-state index is 0.275. The maximum absolute atomic E-state index is 10.9. The predicted octanol–water partition coefficient (Wildman–Crippen LogP) is -1.18. The van der Waals surface area contributed by atoms with Crippen LogP contribution >= 0.6 is 0 Å². The summed E-state index contributed by atoms with van der Waals surface area (Å²) in [6.07, 6.45) is 1.13. The molecule has 0 aromatic rings. The Labute approximate surface area is 72.6 Å². The highest BCUT2D eigenvalue weighted by atomic mass is 32.2. The fourth-order valence-electron chi connectivity index (χ4n) is 1.92. The first-order chi connectivity index (χ1) is 5.62. The first-order valence-electron chi connectivity index (χ1n) is 4.28. The fraction of sp³-hybridized carbons (Fsp3) is 1.00. The first-order valence-corrected chi connectivity index (χ1v) is 6.11. The molecule has 0 aromatic heterocycles. The van der Waals surface area contributed by atoms with Crippen molar-refractivity contribution in [2.45, 2.75) is 18.5 Å². The predicted molar refractivity (Wildman–Crippen MR) is 46.6 cm³/mol. The van der Waals surface area contributed by atoms with E-state index in [0.29, 0.717) is 24.1 Å². The Hall–Kier alpha value is -0.130. The molecule has 70 valence electrons. The zero-order valence-corrected chi connectivity index (χ0v) is 7.76. The Bertz CT molecular complexity index is 261. The molecule has 0 spiro atoms. The molecular weight excluding hydrogens is 176 g/mol. The van der Waals surface area contributed by atoms with Gasteiger partial charge in [-0.2, -0.15) is 0 Å². The third-order valence-corrected chi connectivity index (χ3v) is 4.61. The van der Waals surface area contributed by atoms with Gasteiger partial charge in [0.15, 0.2) is 9.84 Å². The Morgan fingerprint density at radius 1 is 1.42 bits per heavy atom. The summed E-state index contributed by atoms with van der Waals surface area (Å²) in [4.78, 5) is 2.22. The zero-order valence-electron chi connectivity index (χ0n) is 6.94. The van der Waals surface area contributed by atoms with E-state index in [2.05, 4.69) is 4.90 Å². The van der Waals surface area contributed by atoms with E-state index in [1.807, 2.05) is 0 Å². The van der Waals surface area contributed by atoms with E-state index >= 15 is 0 Å². The SMILES string of the molecule is NCC1CCN1C1CS(=O)(=O)C1. The summed E-state index contributed by atoms with van der Waals surface area (Å²) in [7, 11) is -2.67. The van der Waals surface area contributed by atoms with Crippen molar-refractivity contribution in [3.63, 3.8) is 0 Å². The van der Waals surface area contributed by atoms with Crippen LogP contribution in [0.4, 0.5) is 0 Å². The molecule has 1 atom stereocenters. The van der Waals surface area contributed by atoms with Gasteiger partial charge in [0.05, 0.1) is 11.5 Å². The quantitative estimate of drug-likeness (QED) is 0.595. The Balaban J connectivity index is 1.89. The second kappa shape index (κ2) is 2.68. The number of hydrogen-bond acceptors (Lipinski definition) is 4. The summed E-state index contributed by atoms with van der Waals surface area (Å²) in [5, 5.41) is 0. The van der Waals surface area contributed by atoms with Crippen molar-refractivity contribution in [1.82, 2.24) is 4.90 Å². The molecule has 0 aromatic carbocycles. The molecule has 0 amide bonds. The van der Waals surface area contributed by atoms with Gasteiger partial charge in [0.2, 0.25) is 0 Å². The Morgan fingerprint density at radius 2 is 2.08 bits per heavy atom. The summed E-state index contributed by atoms with van der Waals surface area (Å²) in [6, 6.07) is 0.725. The van der Waals surface area contributed by atoms with Crippen LogP contribution < -0.4 is 5.73 Å². The monoisotopic (exact) mass is 190 g/mol. The molecule has 5 heteroatoms. The maximum atomic E-state index is 10.9. The maximum Gasteiger partial charge on any atom is 0.153 e. The fourth-order valence-corrected chi connectivity index (χ4v) is 3.38. The van der Waals surface area contributed by atoms with E-state index < -0.39 is 9.84 Å². The molecule has 2 rings (SSSR count). The molecule has 2 aliphatic rings. The molecule has 0 saturated carbocycles. The molecular formula is C7H14N2O2S. The van der Waals surface area contributed by atoms with E-state index in [-0.39, 0.29) is 6.04 Å². The van der Waals surface area contributed by atoms with Crippen molar-refractivity contribution >= 4 is 9.84 Å². The summed E-state index contributed by atoms with van der Waals surface area (Å²) in [5.41, 5.74) is 5.52. The van der Waals surface area contributed by atoms with Crippen molar-refractivity contribution in [2.75, 3.05) is 24.6 Å². The van der Waals surface area contributed by atoms with Crippen molar-refractivity contribution in [2.24, 2.45) is 5.73 Å². The van der Waals surface area contributed by atoms with Crippen molar-refractivity contribution in [3.05, 3.63) is 0 Å². The highest BCUT2D eigenvalue weighted by Crippen LogP contribution is 2.26. The minimum Gasteiger partial charge on any atom is -0.329 e. The van der Waals surface area contributed by atoms with Crippen LogP contribution in [0.25, 0.3) is 0 Å². The Morgan fingerprint density at radius 3 is 2.42 bits per heavy atom. The number of rotatable bonds is 2. The molecule has 12 heavy (non-hydrogen) atoms. The van der Waals surface area contributed by atoms with Crippen LogP contribution in [0.5, 0.6) is 0 Å².